The highest BCUT2D eigenvalue weighted by atomic mass is 16.3. The largest absolute Gasteiger partial charge is 0.394 e. The van der Waals surface area contributed by atoms with Crippen molar-refractivity contribution in [2.24, 2.45) is 10.7 Å². The molecule has 3 rings (SSSR count). The van der Waals surface area contributed by atoms with E-state index in [1.165, 1.54) is 17.3 Å². The molecule has 0 saturated heterocycles. The van der Waals surface area contributed by atoms with Crippen molar-refractivity contribution in [3.63, 3.8) is 0 Å². The van der Waals surface area contributed by atoms with Crippen molar-refractivity contribution >= 4 is 17.7 Å². The Labute approximate surface area is 193 Å². The summed E-state index contributed by atoms with van der Waals surface area (Å²) in [6.07, 6.45) is 9.07. The highest BCUT2D eigenvalue weighted by Gasteiger charge is 2.22. The van der Waals surface area contributed by atoms with Gasteiger partial charge in [-0.3, -0.25) is 14.5 Å². The molecular weight excluding hydrogens is 420 g/mol. The highest BCUT2D eigenvalue weighted by Crippen LogP contribution is 2.20. The first-order chi connectivity index (χ1) is 15.6. The molecule has 0 radical (unpaired) electrons. The van der Waals surface area contributed by atoms with E-state index in [-0.39, 0.29) is 24.3 Å². The zero-order valence-corrected chi connectivity index (χ0v) is 19.7. The highest BCUT2D eigenvalue weighted by molar-refractivity contribution is 6.04. The fraction of sp³-hybridized carbons (Fsp3) is 0.391. The Morgan fingerprint density at radius 1 is 1.15 bits per heavy atom. The maximum Gasteiger partial charge on any atom is 0.281 e. The number of amides is 1. The molecule has 0 spiro atoms. The topological polar surface area (TPSA) is 158 Å². The number of nitrogens with zero attached hydrogens (tertiary/aromatic N) is 6. The molecular formula is C23H32N8O2. The van der Waals surface area contributed by atoms with E-state index in [0.717, 1.165) is 11.1 Å². The molecule has 0 saturated carbocycles. The first-order valence-corrected chi connectivity index (χ1v) is 10.7. The summed E-state index contributed by atoms with van der Waals surface area (Å²) in [7, 11) is 0. The SMILES string of the molecule is CCC.C[C@@H](C(N)=NC(=O)c1cnn(C(C)(C)CO)c1)c1ccc(-c2cnc(N)nc2)nc1. The Hall–Kier alpha value is -3.66. The van der Waals surface area contributed by atoms with Crippen LogP contribution < -0.4 is 11.5 Å². The van der Waals surface area contributed by atoms with Gasteiger partial charge in [0.1, 0.15) is 5.84 Å². The zero-order valence-electron chi connectivity index (χ0n) is 19.7. The van der Waals surface area contributed by atoms with Gasteiger partial charge < -0.3 is 16.6 Å². The van der Waals surface area contributed by atoms with Gasteiger partial charge in [0.2, 0.25) is 5.95 Å². The third-order valence-corrected chi connectivity index (χ3v) is 4.76. The smallest absolute Gasteiger partial charge is 0.281 e. The second-order valence-electron chi connectivity index (χ2n) is 8.22. The number of hydrogen-bond donors (Lipinski definition) is 3. The van der Waals surface area contributed by atoms with E-state index in [4.69, 9.17) is 11.5 Å². The second-order valence-corrected chi connectivity index (χ2v) is 8.22. The maximum atomic E-state index is 12.5. The number of pyridine rings is 1. The summed E-state index contributed by atoms with van der Waals surface area (Å²) in [5.74, 6) is -0.451. The average molecular weight is 453 g/mol. The number of aliphatic imine (C=N–C) groups is 1. The minimum absolute atomic E-state index is 0.115. The van der Waals surface area contributed by atoms with Crippen LogP contribution in [0.4, 0.5) is 5.95 Å². The summed E-state index contributed by atoms with van der Waals surface area (Å²) in [6.45, 7) is 9.59. The third-order valence-electron chi connectivity index (χ3n) is 4.76. The normalized spacial score (nSPS) is 12.6. The third kappa shape index (κ3) is 6.66. The molecule has 5 N–H and O–H groups in total. The van der Waals surface area contributed by atoms with Crippen LogP contribution in [0.1, 0.15) is 62.9 Å². The molecule has 0 bridgehead atoms. The van der Waals surface area contributed by atoms with Crippen molar-refractivity contribution < 1.29 is 9.90 Å². The Morgan fingerprint density at radius 2 is 1.79 bits per heavy atom. The van der Waals surface area contributed by atoms with Crippen LogP contribution in [0.15, 0.2) is 48.1 Å². The molecule has 0 fully saturated rings. The van der Waals surface area contributed by atoms with E-state index < -0.39 is 11.4 Å². The molecule has 3 aromatic rings. The first-order valence-electron chi connectivity index (χ1n) is 10.7. The number of hydrogen-bond acceptors (Lipinski definition) is 7. The van der Waals surface area contributed by atoms with Crippen LogP contribution in [-0.4, -0.2) is 48.2 Å². The number of amidine groups is 1. The first kappa shape index (κ1) is 25.6. The number of aliphatic hydroxyl groups is 1. The lowest BCUT2D eigenvalue weighted by molar-refractivity contribution is 0.100. The summed E-state index contributed by atoms with van der Waals surface area (Å²) >= 11 is 0. The Bertz CT molecular complexity index is 1070. The standard InChI is InChI=1S/C20H24N8O2.C3H8/c1-12(13-4-5-16(23-6-13)14-7-24-19(22)25-8-14)17(21)27-18(30)15-9-26-28(10-15)20(2,3)11-29;1-3-2/h4-10,12,29H,11H2,1-3H3,(H2,21,27,30)(H2,22,24,25);3H2,1-2H3/t12-;/m1./s1. The van der Waals surface area contributed by atoms with Crippen LogP contribution in [0.3, 0.4) is 0 Å². The van der Waals surface area contributed by atoms with E-state index in [2.05, 4.69) is 38.9 Å². The van der Waals surface area contributed by atoms with Crippen molar-refractivity contribution in [1.82, 2.24) is 24.7 Å². The molecule has 1 amide bonds. The number of rotatable bonds is 6. The van der Waals surface area contributed by atoms with E-state index in [0.29, 0.717) is 11.3 Å². The van der Waals surface area contributed by atoms with Crippen molar-refractivity contribution in [2.45, 2.75) is 52.5 Å². The quantitative estimate of drug-likeness (QED) is 0.380. The van der Waals surface area contributed by atoms with Gasteiger partial charge in [0.15, 0.2) is 0 Å². The van der Waals surface area contributed by atoms with Crippen molar-refractivity contribution in [3.8, 4) is 11.3 Å². The summed E-state index contributed by atoms with van der Waals surface area (Å²) < 4.78 is 1.53. The summed E-state index contributed by atoms with van der Waals surface area (Å²) in [5, 5.41) is 13.6. The van der Waals surface area contributed by atoms with Crippen LogP contribution in [0.2, 0.25) is 0 Å². The van der Waals surface area contributed by atoms with Crippen LogP contribution in [0.25, 0.3) is 11.3 Å². The molecule has 0 aliphatic carbocycles. The average Bonchev–Trinajstić information content (AvgIpc) is 3.31. The molecule has 0 aliphatic rings. The van der Waals surface area contributed by atoms with E-state index in [1.54, 1.807) is 38.6 Å². The molecule has 3 heterocycles. The van der Waals surface area contributed by atoms with Gasteiger partial charge in [0.25, 0.3) is 5.91 Å². The molecule has 176 valence electrons. The molecule has 3 aromatic heterocycles. The van der Waals surface area contributed by atoms with Gasteiger partial charge in [-0.25, -0.2) is 9.97 Å². The number of aromatic nitrogens is 5. The molecule has 0 aromatic carbocycles. The number of nitrogens with two attached hydrogens (primary N) is 2. The molecule has 33 heavy (non-hydrogen) atoms. The van der Waals surface area contributed by atoms with Gasteiger partial charge in [-0.15, -0.1) is 0 Å². The number of carbonyl (C=O) groups is 1. The Kier molecular flexibility index (Phi) is 8.75. The van der Waals surface area contributed by atoms with Gasteiger partial charge in [0, 0.05) is 36.3 Å². The fourth-order valence-corrected chi connectivity index (χ4v) is 2.59. The van der Waals surface area contributed by atoms with E-state index >= 15 is 0 Å². The van der Waals surface area contributed by atoms with Crippen molar-refractivity contribution in [2.75, 3.05) is 12.3 Å². The van der Waals surface area contributed by atoms with Crippen molar-refractivity contribution in [3.05, 3.63) is 54.2 Å². The lowest BCUT2D eigenvalue weighted by Crippen LogP contribution is -2.30. The van der Waals surface area contributed by atoms with Gasteiger partial charge in [0.05, 0.1) is 29.6 Å². The zero-order chi connectivity index (χ0) is 24.6. The van der Waals surface area contributed by atoms with Crippen molar-refractivity contribution in [1.29, 1.82) is 0 Å². The number of nitrogen functional groups attached to an aromatic ring is 1. The lowest BCUT2D eigenvalue weighted by atomic mass is 10.0. The predicted molar refractivity (Wildman–Crippen MR) is 129 cm³/mol. The van der Waals surface area contributed by atoms with Gasteiger partial charge in [-0.05, 0) is 25.5 Å². The Morgan fingerprint density at radius 3 is 2.33 bits per heavy atom. The minimum atomic E-state index is -0.621. The van der Waals surface area contributed by atoms with Crippen LogP contribution in [0.5, 0.6) is 0 Å². The molecule has 0 unspecified atom stereocenters. The molecule has 10 nitrogen and oxygen atoms in total. The minimum Gasteiger partial charge on any atom is -0.394 e. The van der Waals surface area contributed by atoms with Crippen LogP contribution >= 0.6 is 0 Å². The van der Waals surface area contributed by atoms with Gasteiger partial charge >= 0.3 is 0 Å². The fourth-order valence-electron chi connectivity index (χ4n) is 2.59. The second kappa shape index (κ2) is 11.3. The monoisotopic (exact) mass is 452 g/mol. The van der Waals surface area contributed by atoms with E-state index in [9.17, 15) is 9.90 Å². The van der Waals surface area contributed by atoms with Crippen LogP contribution in [0, 0.1) is 0 Å². The summed E-state index contributed by atoms with van der Waals surface area (Å²) in [4.78, 5) is 28.8. The van der Waals surface area contributed by atoms with E-state index in [1.807, 2.05) is 19.1 Å². The number of anilines is 1. The summed E-state index contributed by atoms with van der Waals surface area (Å²) in [5.41, 5.74) is 13.5. The summed E-state index contributed by atoms with van der Waals surface area (Å²) in [6, 6.07) is 3.68. The number of carbonyl (C=O) groups excluding carboxylic acids is 1. The van der Waals surface area contributed by atoms with Crippen LogP contribution in [-0.2, 0) is 5.54 Å². The molecule has 1 atom stereocenters. The predicted octanol–water partition coefficient (Wildman–Crippen LogP) is 2.76. The van der Waals surface area contributed by atoms with Gasteiger partial charge in [-0.1, -0.05) is 33.3 Å². The number of aliphatic hydroxyl groups excluding tert-OH is 1. The lowest BCUT2D eigenvalue weighted by Gasteiger charge is -2.21. The molecule has 10 heteroatoms. The molecule has 0 aliphatic heterocycles. The maximum absolute atomic E-state index is 12.5. The van der Waals surface area contributed by atoms with Gasteiger partial charge in [-0.2, -0.15) is 10.1 Å². The Balaban J connectivity index is 0.00000122.